The normalized spacial score (nSPS) is 30.7. The van der Waals surface area contributed by atoms with Crippen LogP contribution in [0.15, 0.2) is 0 Å². The average molecular weight is 377 g/mol. The van der Waals surface area contributed by atoms with E-state index in [1.165, 1.54) is 4.90 Å². The molecule has 150 valence electrons. The van der Waals surface area contributed by atoms with Crippen molar-refractivity contribution in [1.82, 2.24) is 4.90 Å². The second kappa shape index (κ2) is 7.39. The van der Waals surface area contributed by atoms with Crippen LogP contribution in [0.3, 0.4) is 0 Å². The maximum atomic E-state index is 12.8. The lowest BCUT2D eigenvalue weighted by Gasteiger charge is -2.51. The number of ether oxygens (including phenoxy) is 1. The van der Waals surface area contributed by atoms with Crippen LogP contribution in [0.4, 0.5) is 13.2 Å². The lowest BCUT2D eigenvalue weighted by atomic mass is 9.68. The zero-order valence-electron chi connectivity index (χ0n) is 16.2. The summed E-state index contributed by atoms with van der Waals surface area (Å²) in [6.45, 7) is 9.34. The van der Waals surface area contributed by atoms with Gasteiger partial charge in [0.15, 0.2) is 0 Å². The van der Waals surface area contributed by atoms with Gasteiger partial charge in [0.1, 0.15) is 12.5 Å². The molecular formula is C19H30F3NO3. The zero-order chi connectivity index (χ0) is 19.9. The third kappa shape index (κ3) is 5.13. The number of fused-ring (bicyclic) bond motifs is 2. The number of amides is 1. The Balaban J connectivity index is 2.23. The Morgan fingerprint density at radius 1 is 1.15 bits per heavy atom. The predicted octanol–water partition coefficient (Wildman–Crippen LogP) is 4.18. The van der Waals surface area contributed by atoms with E-state index in [1.807, 2.05) is 0 Å². The van der Waals surface area contributed by atoms with E-state index in [2.05, 4.69) is 6.92 Å². The first-order valence-corrected chi connectivity index (χ1v) is 9.35. The van der Waals surface area contributed by atoms with Gasteiger partial charge in [-0.2, -0.15) is 13.2 Å². The molecule has 2 rings (SSSR count). The number of alkyl halides is 3. The molecule has 7 heteroatoms. The Bertz CT molecular complexity index is 539. The Kier molecular flexibility index (Phi) is 5.98. The fraction of sp³-hybridized carbons (Fsp3) is 0.895. The first-order valence-electron chi connectivity index (χ1n) is 9.35. The molecule has 5 atom stereocenters. The molecule has 1 heterocycles. The highest BCUT2D eigenvalue weighted by Crippen LogP contribution is 2.43. The molecular weight excluding hydrogens is 347 g/mol. The van der Waals surface area contributed by atoms with E-state index >= 15 is 0 Å². The van der Waals surface area contributed by atoms with Crippen molar-refractivity contribution < 1.29 is 27.5 Å². The van der Waals surface area contributed by atoms with Crippen LogP contribution in [0.25, 0.3) is 0 Å². The zero-order valence-corrected chi connectivity index (χ0v) is 16.2. The van der Waals surface area contributed by atoms with Crippen molar-refractivity contribution in [3.05, 3.63) is 0 Å². The molecule has 0 aromatic rings. The molecule has 1 saturated carbocycles. The number of carbonyl (C=O) groups excluding carboxylic acids is 2. The molecule has 0 aromatic carbocycles. The highest BCUT2D eigenvalue weighted by atomic mass is 19.4. The largest absolute Gasteiger partial charge is 0.460 e. The summed E-state index contributed by atoms with van der Waals surface area (Å²) in [7, 11) is 0. The van der Waals surface area contributed by atoms with Crippen molar-refractivity contribution in [1.29, 1.82) is 0 Å². The molecule has 0 N–H and O–H groups in total. The molecule has 2 fully saturated rings. The standard InChI is InChI=1S/C19H30F3NO3/c1-11-6-13-8-14(7-11)16(12(2)26-17(25)18(3,4)5)23(10-13)15(24)9-19(20,21)22/h11-14,16H,6-10H2,1-5H3/t11-,12+,13?,14-,16?/m1/s1. The van der Waals surface area contributed by atoms with Crippen molar-refractivity contribution in [2.75, 3.05) is 6.54 Å². The summed E-state index contributed by atoms with van der Waals surface area (Å²) in [4.78, 5) is 26.0. The molecule has 0 spiro atoms. The summed E-state index contributed by atoms with van der Waals surface area (Å²) in [5.74, 6) is -0.559. The van der Waals surface area contributed by atoms with Crippen LogP contribution in [0, 0.1) is 23.2 Å². The monoisotopic (exact) mass is 377 g/mol. The number of rotatable bonds is 3. The Morgan fingerprint density at radius 2 is 1.77 bits per heavy atom. The minimum absolute atomic E-state index is 0.0671. The van der Waals surface area contributed by atoms with E-state index in [9.17, 15) is 22.8 Å². The van der Waals surface area contributed by atoms with Gasteiger partial charge in [-0.1, -0.05) is 6.92 Å². The van der Waals surface area contributed by atoms with E-state index in [0.717, 1.165) is 19.3 Å². The summed E-state index contributed by atoms with van der Waals surface area (Å²) in [6, 6.07) is -0.491. The fourth-order valence-corrected chi connectivity index (χ4v) is 4.48. The lowest BCUT2D eigenvalue weighted by molar-refractivity contribution is -0.178. The van der Waals surface area contributed by atoms with Crippen molar-refractivity contribution in [3.8, 4) is 0 Å². The molecule has 1 aliphatic heterocycles. The summed E-state index contributed by atoms with van der Waals surface area (Å²) >= 11 is 0. The van der Waals surface area contributed by atoms with Gasteiger partial charge in [-0.25, -0.2) is 0 Å². The molecule has 0 aromatic heterocycles. The van der Waals surface area contributed by atoms with Gasteiger partial charge >= 0.3 is 12.1 Å². The number of carbonyl (C=O) groups is 2. The third-order valence-electron chi connectivity index (χ3n) is 5.43. The second-order valence-corrected chi connectivity index (χ2v) is 9.13. The van der Waals surface area contributed by atoms with Crippen LogP contribution in [-0.2, 0) is 14.3 Å². The Labute approximate surface area is 153 Å². The quantitative estimate of drug-likeness (QED) is 0.693. The van der Waals surface area contributed by atoms with Crippen molar-refractivity contribution >= 4 is 11.9 Å². The molecule has 4 nitrogen and oxygen atoms in total. The number of nitrogens with zero attached hydrogens (tertiary/aromatic N) is 1. The average Bonchev–Trinajstić information content (AvgIpc) is 2.42. The van der Waals surface area contributed by atoms with Crippen molar-refractivity contribution in [2.24, 2.45) is 23.2 Å². The number of esters is 1. The van der Waals surface area contributed by atoms with Gasteiger partial charge in [-0.3, -0.25) is 9.59 Å². The number of piperidine rings is 1. The number of hydrogen-bond donors (Lipinski definition) is 0. The van der Waals surface area contributed by atoms with Crippen molar-refractivity contribution in [3.63, 3.8) is 0 Å². The third-order valence-corrected chi connectivity index (χ3v) is 5.43. The molecule has 26 heavy (non-hydrogen) atoms. The van der Waals surface area contributed by atoms with Crippen LogP contribution in [0.5, 0.6) is 0 Å². The Morgan fingerprint density at radius 3 is 2.31 bits per heavy atom. The Hall–Kier alpha value is -1.27. The van der Waals surface area contributed by atoms with E-state index in [4.69, 9.17) is 4.74 Å². The van der Waals surface area contributed by atoms with Crippen LogP contribution in [0.2, 0.25) is 0 Å². The predicted molar refractivity (Wildman–Crippen MR) is 91.2 cm³/mol. The maximum absolute atomic E-state index is 12.8. The molecule has 0 radical (unpaired) electrons. The van der Waals surface area contributed by atoms with Gasteiger partial charge in [-0.05, 0) is 64.7 Å². The maximum Gasteiger partial charge on any atom is 0.397 e. The SMILES string of the molecule is C[C@@H]1CC2C[C@@H](C1)C([C@H](C)OC(=O)C(C)(C)C)N(C(=O)CC(F)(F)F)C2. The van der Waals surface area contributed by atoms with E-state index < -0.39 is 42.0 Å². The summed E-state index contributed by atoms with van der Waals surface area (Å²) < 4.78 is 43.9. The summed E-state index contributed by atoms with van der Waals surface area (Å²) in [5, 5.41) is 0. The minimum atomic E-state index is -4.53. The first kappa shape index (κ1) is 21.0. The molecule has 2 bridgehead atoms. The number of hydrogen-bond acceptors (Lipinski definition) is 3. The number of halogens is 3. The fourth-order valence-electron chi connectivity index (χ4n) is 4.48. The van der Waals surface area contributed by atoms with Gasteiger partial charge in [-0.15, -0.1) is 0 Å². The topological polar surface area (TPSA) is 46.6 Å². The highest BCUT2D eigenvalue weighted by molar-refractivity contribution is 5.78. The summed E-state index contributed by atoms with van der Waals surface area (Å²) in [6.07, 6.45) is -3.98. The highest BCUT2D eigenvalue weighted by Gasteiger charge is 2.47. The smallest absolute Gasteiger partial charge is 0.397 e. The first-order chi connectivity index (χ1) is 11.8. The van der Waals surface area contributed by atoms with Gasteiger partial charge in [0.2, 0.25) is 5.91 Å². The number of likely N-dealkylation sites (tertiary alicyclic amines) is 1. The molecule has 2 aliphatic rings. The van der Waals surface area contributed by atoms with Gasteiger partial charge in [0.25, 0.3) is 0 Å². The molecule has 2 unspecified atom stereocenters. The van der Waals surface area contributed by atoms with Crippen LogP contribution >= 0.6 is 0 Å². The van der Waals surface area contributed by atoms with E-state index in [0.29, 0.717) is 12.5 Å². The molecule has 1 amide bonds. The minimum Gasteiger partial charge on any atom is -0.460 e. The van der Waals surface area contributed by atoms with Crippen LogP contribution in [-0.4, -0.2) is 41.6 Å². The molecule has 1 saturated heterocycles. The van der Waals surface area contributed by atoms with Crippen LogP contribution in [0.1, 0.15) is 60.3 Å². The van der Waals surface area contributed by atoms with Gasteiger partial charge in [0.05, 0.1) is 11.5 Å². The van der Waals surface area contributed by atoms with Gasteiger partial charge in [0, 0.05) is 6.54 Å². The summed E-state index contributed by atoms with van der Waals surface area (Å²) in [5.41, 5.74) is -0.702. The van der Waals surface area contributed by atoms with Crippen LogP contribution < -0.4 is 0 Å². The van der Waals surface area contributed by atoms with Crippen molar-refractivity contribution in [2.45, 2.75) is 78.6 Å². The second-order valence-electron chi connectivity index (χ2n) is 9.13. The lowest BCUT2D eigenvalue weighted by Crippen LogP contribution is -2.59. The van der Waals surface area contributed by atoms with E-state index in [-0.39, 0.29) is 11.8 Å². The molecule has 1 aliphatic carbocycles. The van der Waals surface area contributed by atoms with E-state index in [1.54, 1.807) is 27.7 Å². The van der Waals surface area contributed by atoms with Gasteiger partial charge < -0.3 is 9.64 Å².